The van der Waals surface area contributed by atoms with Gasteiger partial charge in [-0.1, -0.05) is 12.1 Å². The van der Waals surface area contributed by atoms with Crippen molar-refractivity contribution in [2.75, 3.05) is 5.32 Å². The fraction of sp³-hybridized carbons (Fsp3) is 0.448. The Labute approximate surface area is 254 Å². The van der Waals surface area contributed by atoms with E-state index in [1.54, 1.807) is 34.7 Å². The molecule has 2 N–H and O–H groups in total. The number of hydrogen-bond acceptors (Lipinski definition) is 7. The van der Waals surface area contributed by atoms with E-state index in [-0.39, 0.29) is 17.9 Å². The molecule has 3 heterocycles. The van der Waals surface area contributed by atoms with Crippen LogP contribution >= 0.6 is 43.2 Å². The number of halogens is 2. The average molecular weight is 692 g/mol. The molecule has 5 rings (SSSR count). The molecule has 11 heteroatoms. The van der Waals surface area contributed by atoms with Crippen LogP contribution in [0.3, 0.4) is 0 Å². The zero-order valence-corrected chi connectivity index (χ0v) is 26.6. The number of aryl methyl sites for hydroxylation is 1. The number of amides is 2. The summed E-state index contributed by atoms with van der Waals surface area (Å²) in [4.78, 5) is 38.0. The minimum atomic E-state index is -0.870. The van der Waals surface area contributed by atoms with Crippen LogP contribution in [0.5, 0.6) is 0 Å². The van der Waals surface area contributed by atoms with Gasteiger partial charge in [0.05, 0.1) is 23.3 Å². The molecule has 1 saturated heterocycles. The number of fused-ring (bicyclic) bond motifs is 1. The predicted molar refractivity (Wildman–Crippen MR) is 161 cm³/mol. The molecule has 1 aromatic carbocycles. The maximum absolute atomic E-state index is 13.4. The van der Waals surface area contributed by atoms with Crippen LogP contribution in [-0.2, 0) is 22.4 Å². The quantitative estimate of drug-likeness (QED) is 0.296. The van der Waals surface area contributed by atoms with Crippen molar-refractivity contribution in [2.45, 2.75) is 82.6 Å². The third kappa shape index (κ3) is 6.42. The molecule has 1 aliphatic carbocycles. The zero-order valence-electron chi connectivity index (χ0n) is 22.6. The number of hydrogen-bond donors (Lipinski definition) is 2. The molecule has 0 radical (unpaired) electrons. The Morgan fingerprint density at radius 3 is 2.73 bits per heavy atom. The Kier molecular flexibility index (Phi) is 8.66. The van der Waals surface area contributed by atoms with Crippen molar-refractivity contribution < 1.29 is 19.4 Å². The van der Waals surface area contributed by atoms with E-state index in [0.29, 0.717) is 24.1 Å². The summed E-state index contributed by atoms with van der Waals surface area (Å²) in [6.45, 7) is 5.52. The normalized spacial score (nSPS) is 21.2. The Morgan fingerprint density at radius 2 is 2.02 bits per heavy atom. The SMILES string of the molecule is CC(C)(C)OC(=O)N1[C@H](Cc2ccc(NC(=O)[C@H]3CCc4sc(Br)nc43)c(Br)c2)CC[C@@H]1[C@H](O)c1cccnc1. The smallest absolute Gasteiger partial charge is 0.410 e. The van der Waals surface area contributed by atoms with Crippen LogP contribution in [0.25, 0.3) is 0 Å². The molecular formula is C29H32Br2N4O4S. The van der Waals surface area contributed by atoms with E-state index >= 15 is 0 Å². The second-order valence-electron chi connectivity index (χ2n) is 11.3. The number of likely N-dealkylation sites (tertiary alicyclic amines) is 1. The summed E-state index contributed by atoms with van der Waals surface area (Å²) < 4.78 is 7.34. The molecular weight excluding hydrogens is 660 g/mol. The summed E-state index contributed by atoms with van der Waals surface area (Å²) >= 11 is 8.65. The van der Waals surface area contributed by atoms with Gasteiger partial charge in [-0.15, -0.1) is 11.3 Å². The number of pyridine rings is 1. The van der Waals surface area contributed by atoms with Crippen LogP contribution in [0, 0.1) is 0 Å². The standard InChI is InChI=1S/C29H32Br2N4O4S/c1-29(2,3)39-28(38)35-18(7-10-22(35)25(36)17-5-4-12-32-15-17)13-16-6-9-21(20(30)14-16)33-26(37)19-8-11-23-24(19)34-27(31)40-23/h4-6,9,12,14-15,18-19,22,25,36H,7-8,10-11,13H2,1-3H3,(H,33,37)/t18-,19-,22+,25+/m0/s1. The maximum Gasteiger partial charge on any atom is 0.410 e. The third-order valence-electron chi connectivity index (χ3n) is 7.31. The number of carbonyl (C=O) groups is 2. The van der Waals surface area contributed by atoms with Gasteiger partial charge in [0, 0.05) is 33.3 Å². The molecule has 0 unspecified atom stereocenters. The van der Waals surface area contributed by atoms with Crippen LogP contribution in [0.4, 0.5) is 10.5 Å². The van der Waals surface area contributed by atoms with Crippen molar-refractivity contribution in [3.63, 3.8) is 0 Å². The lowest BCUT2D eigenvalue weighted by Crippen LogP contribution is -2.47. The number of anilines is 1. The average Bonchev–Trinajstić information content (AvgIpc) is 3.58. The highest BCUT2D eigenvalue weighted by Gasteiger charge is 2.43. The molecule has 3 aromatic rings. The van der Waals surface area contributed by atoms with E-state index < -0.39 is 23.8 Å². The molecule has 2 aromatic heterocycles. The van der Waals surface area contributed by atoms with E-state index in [1.165, 1.54) is 4.88 Å². The summed E-state index contributed by atoms with van der Waals surface area (Å²) in [5, 5.41) is 14.3. The molecule has 8 nitrogen and oxygen atoms in total. The van der Waals surface area contributed by atoms with Crippen molar-refractivity contribution in [1.82, 2.24) is 14.9 Å². The van der Waals surface area contributed by atoms with E-state index in [9.17, 15) is 14.7 Å². The number of aliphatic hydroxyl groups excluding tert-OH is 1. The van der Waals surface area contributed by atoms with Crippen LogP contribution in [0.1, 0.15) is 73.8 Å². The maximum atomic E-state index is 13.4. The molecule has 2 amide bonds. The van der Waals surface area contributed by atoms with Gasteiger partial charge in [0.25, 0.3) is 0 Å². The number of nitrogens with one attached hydrogen (secondary N) is 1. The summed E-state index contributed by atoms with van der Waals surface area (Å²) in [6, 6.07) is 8.86. The predicted octanol–water partition coefficient (Wildman–Crippen LogP) is 6.78. The fourth-order valence-corrected chi connectivity index (χ4v) is 7.69. The molecule has 0 saturated carbocycles. The number of rotatable bonds is 6. The number of aliphatic hydroxyl groups is 1. The summed E-state index contributed by atoms with van der Waals surface area (Å²) in [6.07, 6.45) is 5.57. The minimum Gasteiger partial charge on any atom is -0.444 e. The van der Waals surface area contributed by atoms with Crippen molar-refractivity contribution >= 4 is 60.9 Å². The van der Waals surface area contributed by atoms with Gasteiger partial charge in [-0.25, -0.2) is 9.78 Å². The van der Waals surface area contributed by atoms with Gasteiger partial charge in [0.15, 0.2) is 3.92 Å². The highest BCUT2D eigenvalue weighted by Crippen LogP contribution is 2.40. The molecule has 0 bridgehead atoms. The fourth-order valence-electron chi connectivity index (χ4n) is 5.53. The number of aromatic nitrogens is 2. The Hall–Kier alpha value is -2.34. The monoisotopic (exact) mass is 690 g/mol. The molecule has 2 aliphatic rings. The Morgan fingerprint density at radius 1 is 1.23 bits per heavy atom. The summed E-state index contributed by atoms with van der Waals surface area (Å²) in [5.41, 5.74) is 2.58. The van der Waals surface area contributed by atoms with Crippen LogP contribution in [0.15, 0.2) is 51.1 Å². The van der Waals surface area contributed by atoms with Gasteiger partial charge in [-0.05, 0) is 108 Å². The van der Waals surface area contributed by atoms with Crippen LogP contribution < -0.4 is 5.32 Å². The number of ether oxygens (including phenoxy) is 1. The van der Waals surface area contributed by atoms with Crippen molar-refractivity contribution in [3.05, 3.63) is 72.8 Å². The molecule has 1 fully saturated rings. The van der Waals surface area contributed by atoms with Gasteiger partial charge in [0.2, 0.25) is 5.91 Å². The van der Waals surface area contributed by atoms with Gasteiger partial charge >= 0.3 is 6.09 Å². The first-order valence-electron chi connectivity index (χ1n) is 13.3. The van der Waals surface area contributed by atoms with Crippen LogP contribution in [-0.4, -0.2) is 49.7 Å². The Balaban J connectivity index is 1.31. The van der Waals surface area contributed by atoms with Crippen molar-refractivity contribution in [1.29, 1.82) is 0 Å². The van der Waals surface area contributed by atoms with Gasteiger partial charge < -0.3 is 15.2 Å². The zero-order chi connectivity index (χ0) is 28.6. The third-order valence-corrected chi connectivity index (χ3v) is 9.55. The van der Waals surface area contributed by atoms with Crippen molar-refractivity contribution in [2.24, 2.45) is 0 Å². The lowest BCUT2D eigenvalue weighted by Gasteiger charge is -2.34. The van der Waals surface area contributed by atoms with Gasteiger partial charge in [-0.3, -0.25) is 14.7 Å². The number of nitrogens with zero attached hydrogens (tertiary/aromatic N) is 3. The number of carbonyl (C=O) groups excluding carboxylic acids is 2. The second kappa shape index (κ2) is 11.9. The van der Waals surface area contributed by atoms with E-state index in [1.807, 2.05) is 45.0 Å². The minimum absolute atomic E-state index is 0.0656. The van der Waals surface area contributed by atoms with E-state index in [0.717, 1.165) is 38.9 Å². The second-order valence-corrected chi connectivity index (χ2v) is 14.5. The summed E-state index contributed by atoms with van der Waals surface area (Å²) in [7, 11) is 0. The number of thiazole rings is 1. The van der Waals surface area contributed by atoms with E-state index in [4.69, 9.17) is 4.74 Å². The molecule has 0 spiro atoms. The highest BCUT2D eigenvalue weighted by molar-refractivity contribution is 9.11. The molecule has 40 heavy (non-hydrogen) atoms. The van der Waals surface area contributed by atoms with Crippen LogP contribution in [0.2, 0.25) is 0 Å². The molecule has 4 atom stereocenters. The summed E-state index contributed by atoms with van der Waals surface area (Å²) in [5.74, 6) is -0.322. The molecule has 1 aliphatic heterocycles. The first-order valence-corrected chi connectivity index (χ1v) is 15.7. The highest BCUT2D eigenvalue weighted by atomic mass is 79.9. The molecule has 212 valence electrons. The van der Waals surface area contributed by atoms with E-state index in [2.05, 4.69) is 47.1 Å². The van der Waals surface area contributed by atoms with Gasteiger partial charge in [-0.2, -0.15) is 0 Å². The number of benzene rings is 1. The lowest BCUT2D eigenvalue weighted by molar-refractivity contribution is -0.117. The largest absolute Gasteiger partial charge is 0.444 e. The first-order chi connectivity index (χ1) is 19.0. The lowest BCUT2D eigenvalue weighted by atomic mass is 10.0. The Bertz CT molecular complexity index is 1390. The van der Waals surface area contributed by atoms with Gasteiger partial charge in [0.1, 0.15) is 11.7 Å². The van der Waals surface area contributed by atoms with Crippen molar-refractivity contribution in [3.8, 4) is 0 Å². The first kappa shape index (κ1) is 29.2. The topological polar surface area (TPSA) is 105 Å².